The minimum atomic E-state index is -3.75. The number of halogens is 1. The lowest BCUT2D eigenvalue weighted by molar-refractivity contribution is 0.581. The zero-order chi connectivity index (χ0) is 12.9. The van der Waals surface area contributed by atoms with Crippen molar-refractivity contribution in [2.75, 3.05) is 6.54 Å². The predicted octanol–water partition coefficient (Wildman–Crippen LogP) is 0.999. The second-order valence-corrected chi connectivity index (χ2v) is 4.87. The van der Waals surface area contributed by atoms with E-state index in [2.05, 4.69) is 10.6 Å². The average Bonchev–Trinajstić information content (AvgIpc) is 2.29. The number of hydrogen-bond donors (Lipinski definition) is 1. The Labute approximate surface area is 99.1 Å². The molecule has 0 heterocycles. The molecule has 0 unspecified atom stereocenters. The van der Waals surface area contributed by atoms with Gasteiger partial charge in [-0.25, -0.2) is 17.5 Å². The highest BCUT2D eigenvalue weighted by Gasteiger charge is 2.15. The second-order valence-electron chi connectivity index (χ2n) is 3.11. The molecule has 1 rings (SSSR count). The van der Waals surface area contributed by atoms with Gasteiger partial charge in [0, 0.05) is 13.0 Å². The molecule has 0 atom stereocenters. The number of nitriles is 1. The van der Waals surface area contributed by atoms with Gasteiger partial charge in [-0.15, -0.1) is 12.3 Å². The van der Waals surface area contributed by atoms with Crippen molar-refractivity contribution in [1.82, 2.24) is 4.72 Å². The molecule has 0 amide bonds. The monoisotopic (exact) mass is 252 g/mol. The Morgan fingerprint density at radius 3 is 2.76 bits per heavy atom. The molecule has 0 saturated carbocycles. The van der Waals surface area contributed by atoms with Gasteiger partial charge in [0.2, 0.25) is 10.0 Å². The number of hydrogen-bond acceptors (Lipinski definition) is 3. The van der Waals surface area contributed by atoms with Crippen molar-refractivity contribution < 1.29 is 12.8 Å². The quantitative estimate of drug-likeness (QED) is 0.642. The minimum absolute atomic E-state index is 0.0953. The van der Waals surface area contributed by atoms with Crippen LogP contribution in [0.1, 0.15) is 12.0 Å². The molecule has 1 aromatic rings. The lowest BCUT2D eigenvalue weighted by Gasteiger charge is -2.05. The standard InChI is InChI=1S/C11H9FN2O2S/c1-2-3-6-14-17(15,16)10-4-5-11(12)9(7-10)8-13/h1,4-5,7,14H,3,6H2. The maximum Gasteiger partial charge on any atom is 0.240 e. The Bertz CT molecular complexity index is 597. The summed E-state index contributed by atoms with van der Waals surface area (Å²) in [6, 6.07) is 4.59. The van der Waals surface area contributed by atoms with Crippen LogP contribution in [0.15, 0.2) is 23.1 Å². The van der Waals surface area contributed by atoms with Crippen molar-refractivity contribution in [2.24, 2.45) is 0 Å². The molecular weight excluding hydrogens is 243 g/mol. The van der Waals surface area contributed by atoms with Gasteiger partial charge in [0.1, 0.15) is 11.9 Å². The fourth-order valence-electron chi connectivity index (χ4n) is 1.10. The van der Waals surface area contributed by atoms with Crippen molar-refractivity contribution >= 4 is 10.0 Å². The largest absolute Gasteiger partial charge is 0.240 e. The molecule has 0 aromatic heterocycles. The van der Waals surface area contributed by atoms with Crippen molar-refractivity contribution in [3.05, 3.63) is 29.6 Å². The molecule has 88 valence electrons. The summed E-state index contributed by atoms with van der Waals surface area (Å²) in [5.74, 6) is 1.53. The van der Waals surface area contributed by atoms with E-state index >= 15 is 0 Å². The summed E-state index contributed by atoms with van der Waals surface area (Å²) in [6.45, 7) is 0.0953. The fraction of sp³-hybridized carbons (Fsp3) is 0.182. The highest BCUT2D eigenvalue weighted by atomic mass is 32.2. The number of benzene rings is 1. The highest BCUT2D eigenvalue weighted by Crippen LogP contribution is 2.14. The average molecular weight is 252 g/mol. The number of nitrogens with zero attached hydrogens (tertiary/aromatic N) is 1. The maximum absolute atomic E-state index is 13.0. The van der Waals surface area contributed by atoms with E-state index in [-0.39, 0.29) is 23.4 Å². The zero-order valence-corrected chi connectivity index (χ0v) is 9.59. The Morgan fingerprint density at radius 2 is 2.18 bits per heavy atom. The Balaban J connectivity index is 3.01. The van der Waals surface area contributed by atoms with Crippen molar-refractivity contribution in [3.63, 3.8) is 0 Å². The molecule has 17 heavy (non-hydrogen) atoms. The Kier molecular flexibility index (Phi) is 4.22. The van der Waals surface area contributed by atoms with E-state index < -0.39 is 15.8 Å². The van der Waals surface area contributed by atoms with Crippen LogP contribution in [-0.2, 0) is 10.0 Å². The number of nitrogens with one attached hydrogen (secondary N) is 1. The van der Waals surface area contributed by atoms with Gasteiger partial charge >= 0.3 is 0 Å². The van der Waals surface area contributed by atoms with E-state index in [1.54, 1.807) is 6.07 Å². The first-order valence-corrected chi connectivity index (χ1v) is 6.12. The molecule has 6 heteroatoms. The van der Waals surface area contributed by atoms with Gasteiger partial charge in [0.05, 0.1) is 10.5 Å². The Morgan fingerprint density at radius 1 is 1.47 bits per heavy atom. The Hall–Kier alpha value is -1.89. The lowest BCUT2D eigenvalue weighted by atomic mass is 10.2. The first-order valence-electron chi connectivity index (χ1n) is 4.64. The molecule has 0 fully saturated rings. The molecule has 0 radical (unpaired) electrons. The van der Waals surface area contributed by atoms with Crippen LogP contribution in [-0.4, -0.2) is 15.0 Å². The van der Waals surface area contributed by atoms with Crippen molar-refractivity contribution in [1.29, 1.82) is 5.26 Å². The molecular formula is C11H9FN2O2S. The summed E-state index contributed by atoms with van der Waals surface area (Å²) in [5.41, 5.74) is -0.315. The summed E-state index contributed by atoms with van der Waals surface area (Å²) in [4.78, 5) is -0.160. The van der Waals surface area contributed by atoms with Crippen LogP contribution < -0.4 is 4.72 Å². The summed E-state index contributed by atoms with van der Waals surface area (Å²) in [6.07, 6.45) is 5.24. The lowest BCUT2D eigenvalue weighted by Crippen LogP contribution is -2.24. The first-order chi connectivity index (χ1) is 8.01. The van der Waals surface area contributed by atoms with E-state index in [1.807, 2.05) is 0 Å². The SMILES string of the molecule is C#CCCNS(=O)(=O)c1ccc(F)c(C#N)c1. The third-order valence-corrected chi connectivity index (χ3v) is 3.39. The second kappa shape index (κ2) is 5.44. The first kappa shape index (κ1) is 13.2. The van der Waals surface area contributed by atoms with E-state index in [0.717, 1.165) is 18.2 Å². The zero-order valence-electron chi connectivity index (χ0n) is 8.77. The van der Waals surface area contributed by atoms with E-state index in [1.165, 1.54) is 0 Å². The van der Waals surface area contributed by atoms with Crippen LogP contribution in [0, 0.1) is 29.5 Å². The van der Waals surface area contributed by atoms with Crippen LogP contribution in [0.5, 0.6) is 0 Å². The van der Waals surface area contributed by atoms with Gasteiger partial charge < -0.3 is 0 Å². The topological polar surface area (TPSA) is 70.0 Å². The number of terminal acetylenes is 1. The summed E-state index contributed by atoms with van der Waals surface area (Å²) >= 11 is 0. The van der Waals surface area contributed by atoms with Crippen LogP contribution >= 0.6 is 0 Å². The molecule has 0 spiro atoms. The predicted molar refractivity (Wildman–Crippen MR) is 59.8 cm³/mol. The van der Waals surface area contributed by atoms with E-state index in [0.29, 0.717) is 0 Å². The molecule has 0 bridgehead atoms. The van der Waals surface area contributed by atoms with Crippen molar-refractivity contribution in [2.45, 2.75) is 11.3 Å². The third kappa shape index (κ3) is 3.28. The third-order valence-electron chi connectivity index (χ3n) is 1.93. The van der Waals surface area contributed by atoms with Gasteiger partial charge in [0.15, 0.2) is 0 Å². The molecule has 0 saturated heterocycles. The number of rotatable bonds is 4. The van der Waals surface area contributed by atoms with Gasteiger partial charge in [-0.3, -0.25) is 0 Å². The van der Waals surface area contributed by atoms with Crippen molar-refractivity contribution in [3.8, 4) is 18.4 Å². The summed E-state index contributed by atoms with van der Waals surface area (Å²) in [5, 5.41) is 8.59. The van der Waals surface area contributed by atoms with E-state index in [9.17, 15) is 12.8 Å². The molecule has 4 nitrogen and oxygen atoms in total. The summed E-state index contributed by atoms with van der Waals surface area (Å²) in [7, 11) is -3.75. The molecule has 0 aliphatic heterocycles. The van der Waals surface area contributed by atoms with Gasteiger partial charge in [-0.1, -0.05) is 0 Å². The molecule has 0 aliphatic rings. The molecule has 0 aliphatic carbocycles. The van der Waals surface area contributed by atoms with Crippen LogP contribution in [0.4, 0.5) is 4.39 Å². The van der Waals surface area contributed by atoms with Gasteiger partial charge in [-0.05, 0) is 18.2 Å². The van der Waals surface area contributed by atoms with Crippen LogP contribution in [0.2, 0.25) is 0 Å². The van der Waals surface area contributed by atoms with Crippen LogP contribution in [0.3, 0.4) is 0 Å². The van der Waals surface area contributed by atoms with Crippen LogP contribution in [0.25, 0.3) is 0 Å². The molecule has 1 N–H and O–H groups in total. The summed E-state index contributed by atoms with van der Waals surface area (Å²) < 4.78 is 38.6. The smallest absolute Gasteiger partial charge is 0.210 e. The number of sulfonamides is 1. The fourth-order valence-corrected chi connectivity index (χ4v) is 2.16. The van der Waals surface area contributed by atoms with E-state index in [4.69, 9.17) is 11.7 Å². The normalized spacial score (nSPS) is 10.5. The maximum atomic E-state index is 13.0. The highest BCUT2D eigenvalue weighted by molar-refractivity contribution is 7.89. The van der Waals surface area contributed by atoms with Gasteiger partial charge in [-0.2, -0.15) is 5.26 Å². The van der Waals surface area contributed by atoms with Gasteiger partial charge in [0.25, 0.3) is 0 Å². The molecule has 1 aromatic carbocycles. The minimum Gasteiger partial charge on any atom is -0.210 e.